The van der Waals surface area contributed by atoms with Crippen molar-refractivity contribution in [2.24, 2.45) is 10.8 Å². The molecule has 0 saturated heterocycles. The van der Waals surface area contributed by atoms with Crippen LogP contribution in [0.3, 0.4) is 0 Å². The van der Waals surface area contributed by atoms with Gasteiger partial charge in [0.15, 0.2) is 0 Å². The van der Waals surface area contributed by atoms with Gasteiger partial charge in [0.2, 0.25) is 10.2 Å². The highest BCUT2D eigenvalue weighted by Crippen LogP contribution is 2.29. The fourth-order valence-electron chi connectivity index (χ4n) is 0.431. The first-order valence-electron chi connectivity index (χ1n) is 4.26. The molecule has 0 aliphatic heterocycles. The predicted molar refractivity (Wildman–Crippen MR) is 56.4 cm³/mol. The molecular weight excluding hydrogens is 212 g/mol. The number of hydrogen-bond donors (Lipinski definition) is 0. The number of rotatable bonds is 2. The van der Waals surface area contributed by atoms with Gasteiger partial charge in [-0.15, -0.1) is 0 Å². The van der Waals surface area contributed by atoms with Crippen LogP contribution in [0.25, 0.3) is 0 Å². The molecule has 5 heteroatoms. The Hall–Kier alpha value is -1.33. The molecule has 0 rings (SSSR count). The normalized spacial score (nSPS) is 11.3. The minimum absolute atomic E-state index is 0.440. The van der Waals surface area contributed by atoms with E-state index in [1.807, 2.05) is 12.1 Å². The van der Waals surface area contributed by atoms with Gasteiger partial charge >= 0.3 is 0 Å². The van der Waals surface area contributed by atoms with Crippen molar-refractivity contribution in [1.29, 1.82) is 10.5 Å². The highest BCUT2D eigenvalue weighted by Gasteiger charge is 2.35. The predicted octanol–water partition coefficient (Wildman–Crippen LogP) is 1.87. The molecular formula is C10H12N2O2S. The lowest BCUT2D eigenvalue weighted by Crippen LogP contribution is -2.26. The Bertz CT molecular complexity index is 336. The number of thioether (sulfide) groups is 1. The first kappa shape index (κ1) is 13.7. The summed E-state index contributed by atoms with van der Waals surface area (Å²) in [6.07, 6.45) is 0. The highest BCUT2D eigenvalue weighted by molar-refractivity contribution is 8.26. The van der Waals surface area contributed by atoms with Gasteiger partial charge in [0, 0.05) is 0 Å². The van der Waals surface area contributed by atoms with E-state index in [2.05, 4.69) is 0 Å². The summed E-state index contributed by atoms with van der Waals surface area (Å²) in [6.45, 7) is 5.76. The third kappa shape index (κ3) is 3.38. The fraction of sp³-hybridized carbons (Fsp3) is 0.600. The van der Waals surface area contributed by atoms with E-state index in [1.54, 1.807) is 0 Å². The Morgan fingerprint density at radius 1 is 0.933 bits per heavy atom. The van der Waals surface area contributed by atoms with Crippen LogP contribution in [0.1, 0.15) is 27.7 Å². The first-order chi connectivity index (χ1) is 6.67. The first-order valence-corrected chi connectivity index (χ1v) is 5.08. The summed E-state index contributed by atoms with van der Waals surface area (Å²) in [7, 11) is 0. The van der Waals surface area contributed by atoms with Crippen molar-refractivity contribution >= 4 is 22.0 Å². The molecule has 80 valence electrons. The smallest absolute Gasteiger partial charge is 0.216 e. The van der Waals surface area contributed by atoms with Gasteiger partial charge in [0.25, 0.3) is 0 Å². The van der Waals surface area contributed by atoms with Crippen LogP contribution in [0.2, 0.25) is 0 Å². The van der Waals surface area contributed by atoms with Crippen LogP contribution in [0.5, 0.6) is 0 Å². The molecule has 0 aromatic carbocycles. The Morgan fingerprint density at radius 2 is 1.20 bits per heavy atom. The van der Waals surface area contributed by atoms with Crippen LogP contribution < -0.4 is 0 Å². The molecule has 4 nitrogen and oxygen atoms in total. The number of hydrogen-bond acceptors (Lipinski definition) is 5. The Kier molecular flexibility index (Phi) is 4.06. The SMILES string of the molecule is CC(C)(C#N)C(=O)SC(=O)C(C)(C)C#N. The van der Waals surface area contributed by atoms with Gasteiger partial charge in [-0.1, -0.05) is 0 Å². The molecule has 0 heterocycles. The van der Waals surface area contributed by atoms with Crippen LogP contribution in [0.15, 0.2) is 0 Å². The Morgan fingerprint density at radius 3 is 1.40 bits per heavy atom. The monoisotopic (exact) mass is 224 g/mol. The average Bonchev–Trinajstić information content (AvgIpc) is 2.17. The Labute approximate surface area is 93.3 Å². The molecule has 0 aliphatic carbocycles. The van der Waals surface area contributed by atoms with Gasteiger partial charge in [0.05, 0.1) is 12.1 Å². The lowest BCUT2D eigenvalue weighted by molar-refractivity contribution is -0.118. The molecule has 0 N–H and O–H groups in total. The van der Waals surface area contributed by atoms with E-state index < -0.39 is 21.1 Å². The van der Waals surface area contributed by atoms with E-state index in [0.29, 0.717) is 11.8 Å². The molecule has 0 unspecified atom stereocenters. The Balaban J connectivity index is 4.70. The van der Waals surface area contributed by atoms with E-state index >= 15 is 0 Å². The van der Waals surface area contributed by atoms with E-state index in [1.165, 1.54) is 27.7 Å². The lowest BCUT2D eigenvalue weighted by atomic mass is 9.98. The van der Waals surface area contributed by atoms with E-state index in [9.17, 15) is 9.59 Å². The van der Waals surface area contributed by atoms with E-state index in [-0.39, 0.29) is 0 Å². The number of nitriles is 2. The molecule has 0 bridgehead atoms. The molecule has 15 heavy (non-hydrogen) atoms. The van der Waals surface area contributed by atoms with Gasteiger partial charge < -0.3 is 0 Å². The van der Waals surface area contributed by atoms with Crippen molar-refractivity contribution < 1.29 is 9.59 Å². The maximum absolute atomic E-state index is 11.5. The van der Waals surface area contributed by atoms with Gasteiger partial charge in [-0.05, 0) is 39.5 Å². The lowest BCUT2D eigenvalue weighted by Gasteiger charge is -2.16. The highest BCUT2D eigenvalue weighted by atomic mass is 32.2. The quantitative estimate of drug-likeness (QED) is 0.715. The summed E-state index contributed by atoms with van der Waals surface area (Å²) in [4.78, 5) is 23.0. The van der Waals surface area contributed by atoms with Crippen LogP contribution in [-0.4, -0.2) is 10.2 Å². The van der Waals surface area contributed by atoms with Crippen molar-refractivity contribution in [3.8, 4) is 12.1 Å². The van der Waals surface area contributed by atoms with Crippen LogP contribution in [0, 0.1) is 33.5 Å². The van der Waals surface area contributed by atoms with Crippen molar-refractivity contribution in [3.63, 3.8) is 0 Å². The number of nitrogens with zero attached hydrogens (tertiary/aromatic N) is 2. The van der Waals surface area contributed by atoms with Gasteiger partial charge in [-0.25, -0.2) is 0 Å². The van der Waals surface area contributed by atoms with E-state index in [0.717, 1.165) is 0 Å². The fourth-order valence-corrected chi connectivity index (χ4v) is 1.20. The summed E-state index contributed by atoms with van der Waals surface area (Å²) in [5.74, 6) is 0. The van der Waals surface area contributed by atoms with Crippen molar-refractivity contribution in [2.75, 3.05) is 0 Å². The van der Waals surface area contributed by atoms with Gasteiger partial charge in [0.1, 0.15) is 10.8 Å². The minimum Gasteiger partial charge on any atom is -0.285 e. The average molecular weight is 224 g/mol. The second-order valence-electron chi connectivity index (χ2n) is 4.15. The van der Waals surface area contributed by atoms with E-state index in [4.69, 9.17) is 10.5 Å². The van der Waals surface area contributed by atoms with Crippen molar-refractivity contribution in [1.82, 2.24) is 0 Å². The zero-order chi connectivity index (χ0) is 12.3. The topological polar surface area (TPSA) is 81.7 Å². The standard InChI is InChI=1S/C10H12N2O2S/c1-9(2,5-11)7(13)15-8(14)10(3,4)6-12/h1-4H3. The van der Waals surface area contributed by atoms with Gasteiger partial charge in [-0.3, -0.25) is 9.59 Å². The largest absolute Gasteiger partial charge is 0.285 e. The second-order valence-corrected chi connectivity index (χ2v) is 5.10. The third-order valence-corrected chi connectivity index (χ3v) is 3.16. The molecule has 0 atom stereocenters. The van der Waals surface area contributed by atoms with Crippen LogP contribution >= 0.6 is 11.8 Å². The zero-order valence-electron chi connectivity index (χ0n) is 9.12. The maximum atomic E-state index is 11.5. The number of carbonyl (C=O) groups is 2. The second kappa shape index (κ2) is 4.46. The summed E-state index contributed by atoms with van der Waals surface area (Å²) < 4.78 is 0. The zero-order valence-corrected chi connectivity index (χ0v) is 9.94. The van der Waals surface area contributed by atoms with Crippen molar-refractivity contribution in [3.05, 3.63) is 0 Å². The molecule has 0 radical (unpaired) electrons. The molecule has 0 spiro atoms. The minimum atomic E-state index is -1.20. The van der Waals surface area contributed by atoms with Crippen molar-refractivity contribution in [2.45, 2.75) is 27.7 Å². The van der Waals surface area contributed by atoms with Gasteiger partial charge in [-0.2, -0.15) is 10.5 Å². The third-order valence-electron chi connectivity index (χ3n) is 1.77. The summed E-state index contributed by atoms with van der Waals surface area (Å²) in [5, 5.41) is 16.3. The molecule has 0 fully saturated rings. The summed E-state index contributed by atoms with van der Waals surface area (Å²) in [6, 6.07) is 3.62. The van der Waals surface area contributed by atoms with Crippen LogP contribution in [-0.2, 0) is 9.59 Å². The molecule has 0 aromatic heterocycles. The van der Waals surface area contributed by atoms with Crippen LogP contribution in [0.4, 0.5) is 0 Å². The summed E-state index contributed by atoms with van der Waals surface area (Å²) in [5.41, 5.74) is -2.41. The summed E-state index contributed by atoms with van der Waals surface area (Å²) >= 11 is 0.440. The molecule has 0 saturated carbocycles. The maximum Gasteiger partial charge on any atom is 0.216 e. The molecule has 0 aliphatic rings. The molecule has 0 amide bonds. The number of carbonyl (C=O) groups excluding carboxylic acids is 2. The molecule has 0 aromatic rings.